The molecule has 3 rings (SSSR count). The summed E-state index contributed by atoms with van der Waals surface area (Å²) in [4.78, 5) is 2.69. The second-order valence-corrected chi connectivity index (χ2v) is 5.55. The van der Waals surface area contributed by atoms with Gasteiger partial charge in [0, 0.05) is 24.3 Å². The Morgan fingerprint density at radius 3 is 2.47 bits per heavy atom. The highest BCUT2D eigenvalue weighted by atomic mass is 15.2. The Balaban J connectivity index is 1.93. The second-order valence-electron chi connectivity index (χ2n) is 5.55. The highest BCUT2D eigenvalue weighted by Gasteiger charge is 2.36. The molecule has 0 radical (unpaired) electrons. The minimum atomic E-state index is 0.647. The van der Waals surface area contributed by atoms with Gasteiger partial charge in [-0.25, -0.2) is 0 Å². The van der Waals surface area contributed by atoms with E-state index in [0.717, 1.165) is 12.1 Å². The van der Waals surface area contributed by atoms with Gasteiger partial charge in [0.05, 0.1) is 0 Å². The fraction of sp³-hybridized carbons (Fsp3) is 0.600. The summed E-state index contributed by atoms with van der Waals surface area (Å²) in [7, 11) is 0. The van der Waals surface area contributed by atoms with Crippen LogP contribution in [-0.2, 0) is 6.54 Å². The highest BCUT2D eigenvalue weighted by molar-refractivity contribution is 5.57. The largest absolute Gasteiger partial charge is 0.365 e. The number of nitrogens with zero attached hydrogens (tertiary/aromatic N) is 1. The van der Waals surface area contributed by atoms with Crippen LogP contribution in [0.5, 0.6) is 0 Å². The Labute approximate surface area is 104 Å². The molecule has 2 N–H and O–H groups in total. The number of aryl methyl sites for hydroxylation is 1. The van der Waals surface area contributed by atoms with E-state index in [1.54, 1.807) is 0 Å². The number of nitrogens with two attached hydrogens (primary N) is 1. The zero-order valence-electron chi connectivity index (χ0n) is 10.7. The van der Waals surface area contributed by atoms with Crippen molar-refractivity contribution >= 4 is 5.69 Å². The SMILES string of the molecule is Cc1cc(CN)ccc1N1[C@@H]2CCC[C@H]1CC2. The number of anilines is 1. The first-order valence-electron chi connectivity index (χ1n) is 6.87. The van der Waals surface area contributed by atoms with Crippen LogP contribution in [0.2, 0.25) is 0 Å². The first-order chi connectivity index (χ1) is 8.29. The first-order valence-corrected chi connectivity index (χ1v) is 6.87. The molecule has 1 aromatic carbocycles. The molecule has 0 unspecified atom stereocenters. The molecule has 2 heterocycles. The van der Waals surface area contributed by atoms with Crippen LogP contribution in [0.4, 0.5) is 5.69 Å². The van der Waals surface area contributed by atoms with Gasteiger partial charge in [-0.15, -0.1) is 0 Å². The summed E-state index contributed by atoms with van der Waals surface area (Å²) in [6, 6.07) is 8.33. The Bertz CT molecular complexity index is 397. The molecule has 2 nitrogen and oxygen atoms in total. The normalized spacial score (nSPS) is 27.5. The van der Waals surface area contributed by atoms with Gasteiger partial charge < -0.3 is 10.6 Å². The van der Waals surface area contributed by atoms with Gasteiger partial charge >= 0.3 is 0 Å². The monoisotopic (exact) mass is 230 g/mol. The lowest BCUT2D eigenvalue weighted by Gasteiger charge is -2.37. The zero-order valence-corrected chi connectivity index (χ0v) is 10.7. The molecule has 1 aromatic rings. The lowest BCUT2D eigenvalue weighted by atomic mass is 9.99. The van der Waals surface area contributed by atoms with Gasteiger partial charge in [-0.3, -0.25) is 0 Å². The van der Waals surface area contributed by atoms with E-state index >= 15 is 0 Å². The Morgan fingerprint density at radius 2 is 1.88 bits per heavy atom. The molecular weight excluding hydrogens is 208 g/mol. The van der Waals surface area contributed by atoms with Crippen LogP contribution in [0.15, 0.2) is 18.2 Å². The molecule has 0 aromatic heterocycles. The van der Waals surface area contributed by atoms with E-state index in [2.05, 4.69) is 30.0 Å². The van der Waals surface area contributed by atoms with Crippen LogP contribution in [0, 0.1) is 6.92 Å². The van der Waals surface area contributed by atoms with Gasteiger partial charge in [0.2, 0.25) is 0 Å². The van der Waals surface area contributed by atoms with Crippen LogP contribution in [0.25, 0.3) is 0 Å². The lowest BCUT2D eigenvalue weighted by Crippen LogP contribution is -2.40. The van der Waals surface area contributed by atoms with Crippen LogP contribution in [-0.4, -0.2) is 12.1 Å². The van der Waals surface area contributed by atoms with E-state index in [9.17, 15) is 0 Å². The smallest absolute Gasteiger partial charge is 0.0401 e. The van der Waals surface area contributed by atoms with Crippen molar-refractivity contribution in [2.75, 3.05) is 4.90 Å². The number of hydrogen-bond donors (Lipinski definition) is 1. The maximum absolute atomic E-state index is 5.70. The molecule has 0 aliphatic carbocycles. The van der Waals surface area contributed by atoms with Crippen molar-refractivity contribution < 1.29 is 0 Å². The zero-order chi connectivity index (χ0) is 11.8. The molecule has 92 valence electrons. The van der Waals surface area contributed by atoms with Crippen molar-refractivity contribution in [1.82, 2.24) is 0 Å². The number of fused-ring (bicyclic) bond motifs is 2. The topological polar surface area (TPSA) is 29.3 Å². The summed E-state index contributed by atoms with van der Waals surface area (Å²) in [5, 5.41) is 0. The predicted octanol–water partition coefficient (Wildman–Crippen LogP) is 2.98. The summed E-state index contributed by atoms with van der Waals surface area (Å²) in [6.45, 7) is 2.87. The van der Waals surface area contributed by atoms with E-state index in [1.165, 1.54) is 48.9 Å². The minimum Gasteiger partial charge on any atom is -0.365 e. The fourth-order valence-electron chi connectivity index (χ4n) is 3.64. The molecule has 2 bridgehead atoms. The number of piperidine rings is 1. The van der Waals surface area contributed by atoms with Crippen LogP contribution >= 0.6 is 0 Å². The van der Waals surface area contributed by atoms with E-state index in [0.29, 0.717) is 6.54 Å². The Morgan fingerprint density at radius 1 is 1.18 bits per heavy atom. The van der Waals surface area contributed by atoms with E-state index in [4.69, 9.17) is 5.73 Å². The number of hydrogen-bond acceptors (Lipinski definition) is 2. The third-order valence-electron chi connectivity index (χ3n) is 4.47. The third-order valence-corrected chi connectivity index (χ3v) is 4.47. The molecule has 17 heavy (non-hydrogen) atoms. The Hall–Kier alpha value is -1.02. The standard InChI is InChI=1S/C15H22N2/c1-11-9-12(10-16)5-8-15(11)17-13-3-2-4-14(17)7-6-13/h5,8-9,13-14H,2-4,6-7,10,16H2,1H3/t13-,14+. The Kier molecular flexibility index (Phi) is 2.83. The van der Waals surface area contributed by atoms with Gasteiger partial charge in [-0.05, 0) is 56.2 Å². The van der Waals surface area contributed by atoms with Crippen molar-refractivity contribution in [2.24, 2.45) is 5.73 Å². The maximum atomic E-state index is 5.70. The van der Waals surface area contributed by atoms with E-state index in [-0.39, 0.29) is 0 Å². The summed E-state index contributed by atoms with van der Waals surface area (Å²) in [5.74, 6) is 0. The van der Waals surface area contributed by atoms with Crippen molar-refractivity contribution in [3.8, 4) is 0 Å². The van der Waals surface area contributed by atoms with E-state index in [1.807, 2.05) is 0 Å². The molecular formula is C15H22N2. The summed E-state index contributed by atoms with van der Waals surface area (Å²) >= 11 is 0. The number of rotatable bonds is 2. The van der Waals surface area contributed by atoms with E-state index < -0.39 is 0 Å². The van der Waals surface area contributed by atoms with Crippen molar-refractivity contribution in [3.05, 3.63) is 29.3 Å². The molecule has 2 saturated heterocycles. The van der Waals surface area contributed by atoms with Gasteiger partial charge in [0.15, 0.2) is 0 Å². The van der Waals surface area contributed by atoms with Gasteiger partial charge in [0.25, 0.3) is 0 Å². The minimum absolute atomic E-state index is 0.647. The molecule has 2 atom stereocenters. The maximum Gasteiger partial charge on any atom is 0.0401 e. The highest BCUT2D eigenvalue weighted by Crippen LogP contribution is 2.40. The summed E-state index contributed by atoms with van der Waals surface area (Å²) in [6.07, 6.45) is 6.97. The van der Waals surface area contributed by atoms with Crippen molar-refractivity contribution in [1.29, 1.82) is 0 Å². The number of benzene rings is 1. The molecule has 2 fully saturated rings. The molecule has 2 aliphatic rings. The quantitative estimate of drug-likeness (QED) is 0.846. The first kappa shape index (κ1) is 11.1. The molecule has 2 heteroatoms. The van der Waals surface area contributed by atoms with Gasteiger partial charge in [-0.1, -0.05) is 12.1 Å². The van der Waals surface area contributed by atoms with Crippen molar-refractivity contribution in [3.63, 3.8) is 0 Å². The van der Waals surface area contributed by atoms with Crippen LogP contribution < -0.4 is 10.6 Å². The second kappa shape index (κ2) is 4.34. The van der Waals surface area contributed by atoms with Gasteiger partial charge in [-0.2, -0.15) is 0 Å². The summed E-state index contributed by atoms with van der Waals surface area (Å²) < 4.78 is 0. The predicted molar refractivity (Wildman–Crippen MR) is 72.2 cm³/mol. The average molecular weight is 230 g/mol. The molecule has 0 spiro atoms. The van der Waals surface area contributed by atoms with Crippen LogP contribution in [0.3, 0.4) is 0 Å². The van der Waals surface area contributed by atoms with Gasteiger partial charge in [0.1, 0.15) is 0 Å². The molecule has 0 saturated carbocycles. The van der Waals surface area contributed by atoms with Crippen LogP contribution in [0.1, 0.15) is 43.2 Å². The third kappa shape index (κ3) is 1.85. The van der Waals surface area contributed by atoms with Crippen molar-refractivity contribution in [2.45, 2.75) is 57.7 Å². The molecule has 0 amide bonds. The average Bonchev–Trinajstić information content (AvgIpc) is 2.59. The molecule has 2 aliphatic heterocycles. The lowest BCUT2D eigenvalue weighted by molar-refractivity contribution is 0.467. The summed E-state index contributed by atoms with van der Waals surface area (Å²) in [5.41, 5.74) is 9.79. The fourth-order valence-corrected chi connectivity index (χ4v) is 3.64.